The molecule has 0 fully saturated rings. The van der Waals surface area contributed by atoms with E-state index in [-0.39, 0.29) is 5.78 Å². The maximum atomic E-state index is 12.0. The van der Waals surface area contributed by atoms with Crippen LogP contribution in [0, 0.1) is 0 Å². The van der Waals surface area contributed by atoms with Crippen LogP contribution >= 0.6 is 11.6 Å². The maximum absolute atomic E-state index is 12.0. The molecule has 0 amide bonds. The Morgan fingerprint density at radius 1 is 1.09 bits per heavy atom. The molecule has 0 saturated heterocycles. The second kappa shape index (κ2) is 6.71. The predicted octanol–water partition coefficient (Wildman–Crippen LogP) is 4.91. The quantitative estimate of drug-likeness (QED) is 0.624. The lowest BCUT2D eigenvalue weighted by Crippen LogP contribution is -2.03. The van der Waals surface area contributed by atoms with E-state index in [0.717, 1.165) is 11.3 Å². The zero-order chi connectivity index (χ0) is 16.2. The molecule has 3 nitrogen and oxygen atoms in total. The molecule has 0 atom stereocenters. The third-order valence-corrected chi connectivity index (χ3v) is 3.95. The summed E-state index contributed by atoms with van der Waals surface area (Å²) < 4.78 is 7.77. The predicted molar refractivity (Wildman–Crippen MR) is 91.6 cm³/mol. The summed E-state index contributed by atoms with van der Waals surface area (Å²) in [5.41, 5.74) is 2.37. The Kier molecular flexibility index (Phi) is 4.49. The third-order valence-electron chi connectivity index (χ3n) is 3.59. The van der Waals surface area contributed by atoms with Crippen molar-refractivity contribution >= 4 is 17.4 Å². The Morgan fingerprint density at radius 3 is 2.52 bits per heavy atom. The minimum atomic E-state index is -0.0341. The van der Waals surface area contributed by atoms with Crippen LogP contribution in [0.25, 0.3) is 5.69 Å². The molecule has 0 N–H and O–H groups in total. The first-order valence-electron chi connectivity index (χ1n) is 7.29. The fraction of sp³-hybridized carbons (Fsp3) is 0.105. The van der Waals surface area contributed by atoms with Crippen molar-refractivity contribution < 1.29 is 9.53 Å². The van der Waals surface area contributed by atoms with Crippen LogP contribution in [0.4, 0.5) is 0 Å². The molecule has 23 heavy (non-hydrogen) atoms. The van der Waals surface area contributed by atoms with Crippen molar-refractivity contribution in [3.8, 4) is 11.4 Å². The van der Waals surface area contributed by atoms with Crippen molar-refractivity contribution in [1.29, 1.82) is 0 Å². The van der Waals surface area contributed by atoms with Crippen LogP contribution in [0.2, 0.25) is 5.02 Å². The van der Waals surface area contributed by atoms with E-state index in [0.29, 0.717) is 22.9 Å². The minimum Gasteiger partial charge on any atom is -0.488 e. The highest BCUT2D eigenvalue weighted by molar-refractivity contribution is 6.31. The molecule has 0 aliphatic rings. The van der Waals surface area contributed by atoms with E-state index in [2.05, 4.69) is 0 Å². The zero-order valence-corrected chi connectivity index (χ0v) is 13.5. The topological polar surface area (TPSA) is 31.2 Å². The van der Waals surface area contributed by atoms with E-state index >= 15 is 0 Å². The Morgan fingerprint density at radius 2 is 1.83 bits per heavy atom. The van der Waals surface area contributed by atoms with E-state index in [1.807, 2.05) is 71.6 Å². The molecule has 0 unspecified atom stereocenters. The normalized spacial score (nSPS) is 10.5. The van der Waals surface area contributed by atoms with E-state index in [9.17, 15) is 4.79 Å². The van der Waals surface area contributed by atoms with Gasteiger partial charge in [0.2, 0.25) is 0 Å². The summed E-state index contributed by atoms with van der Waals surface area (Å²) in [5.74, 6) is 0.529. The number of ether oxygens (including phenoxy) is 1. The van der Waals surface area contributed by atoms with Crippen LogP contribution in [0.5, 0.6) is 5.75 Å². The zero-order valence-electron chi connectivity index (χ0n) is 12.7. The summed E-state index contributed by atoms with van der Waals surface area (Å²) in [7, 11) is 0. The second-order valence-electron chi connectivity index (χ2n) is 5.21. The number of hydrogen-bond donors (Lipinski definition) is 0. The Balaban J connectivity index is 1.87. The van der Waals surface area contributed by atoms with E-state index < -0.39 is 0 Å². The number of carbonyl (C=O) groups is 1. The van der Waals surface area contributed by atoms with Crippen LogP contribution in [0.1, 0.15) is 22.8 Å². The van der Waals surface area contributed by atoms with Gasteiger partial charge in [-0.15, -0.1) is 0 Å². The fourth-order valence-corrected chi connectivity index (χ4v) is 2.55. The summed E-state index contributed by atoms with van der Waals surface area (Å²) in [6.45, 7) is 1.86. The van der Waals surface area contributed by atoms with Crippen molar-refractivity contribution in [3.05, 3.63) is 83.1 Å². The minimum absolute atomic E-state index is 0.0341. The number of aromatic nitrogens is 1. The second-order valence-corrected chi connectivity index (χ2v) is 5.61. The number of nitrogens with zero attached hydrogens (tertiary/aromatic N) is 1. The first kappa shape index (κ1) is 15.4. The number of rotatable bonds is 5. The van der Waals surface area contributed by atoms with Gasteiger partial charge in [-0.05, 0) is 43.3 Å². The fourth-order valence-electron chi connectivity index (χ4n) is 2.36. The van der Waals surface area contributed by atoms with Gasteiger partial charge in [0.25, 0.3) is 0 Å². The average Bonchev–Trinajstić information content (AvgIpc) is 3.08. The SMILES string of the molecule is CC(=O)c1cc(-n2cccc2)ccc1OCc1ccccc1Cl. The van der Waals surface area contributed by atoms with Crippen LogP contribution in [-0.2, 0) is 6.61 Å². The highest BCUT2D eigenvalue weighted by Crippen LogP contribution is 2.25. The molecule has 0 radical (unpaired) electrons. The molecule has 2 aromatic carbocycles. The Hall–Kier alpha value is -2.52. The Labute approximate surface area is 140 Å². The van der Waals surface area contributed by atoms with E-state index in [1.54, 1.807) is 0 Å². The molecule has 4 heteroatoms. The van der Waals surface area contributed by atoms with Crippen molar-refractivity contribution in [2.24, 2.45) is 0 Å². The lowest BCUT2D eigenvalue weighted by atomic mass is 10.1. The van der Waals surface area contributed by atoms with Crippen LogP contribution in [-0.4, -0.2) is 10.4 Å². The summed E-state index contributed by atoms with van der Waals surface area (Å²) >= 11 is 6.14. The summed E-state index contributed by atoms with van der Waals surface area (Å²) in [6, 6.07) is 17.0. The average molecular weight is 326 g/mol. The molecule has 3 aromatic rings. The monoisotopic (exact) mass is 325 g/mol. The smallest absolute Gasteiger partial charge is 0.163 e. The van der Waals surface area contributed by atoms with Gasteiger partial charge < -0.3 is 9.30 Å². The first-order chi connectivity index (χ1) is 11.1. The molecule has 116 valence electrons. The molecule has 0 bridgehead atoms. The van der Waals surface area contributed by atoms with Gasteiger partial charge >= 0.3 is 0 Å². The van der Waals surface area contributed by atoms with Gasteiger partial charge in [0, 0.05) is 28.7 Å². The molecule has 0 saturated carbocycles. The lowest BCUT2D eigenvalue weighted by molar-refractivity contribution is 0.101. The highest BCUT2D eigenvalue weighted by atomic mass is 35.5. The van der Waals surface area contributed by atoms with Crippen molar-refractivity contribution in [2.75, 3.05) is 0 Å². The summed E-state index contributed by atoms with van der Waals surface area (Å²) in [6.07, 6.45) is 3.87. The summed E-state index contributed by atoms with van der Waals surface area (Å²) in [5, 5.41) is 0.654. The molecule has 1 heterocycles. The van der Waals surface area contributed by atoms with Gasteiger partial charge in [-0.25, -0.2) is 0 Å². The number of halogens is 1. The summed E-state index contributed by atoms with van der Waals surface area (Å²) in [4.78, 5) is 12.0. The van der Waals surface area contributed by atoms with E-state index in [4.69, 9.17) is 16.3 Å². The number of Topliss-reactive ketones (excluding diaryl/α,β-unsaturated/α-hetero) is 1. The van der Waals surface area contributed by atoms with Gasteiger partial charge in [-0.1, -0.05) is 29.8 Å². The molecule has 0 aliphatic carbocycles. The van der Waals surface area contributed by atoms with Gasteiger partial charge in [-0.3, -0.25) is 4.79 Å². The number of ketones is 1. The molecule has 0 aliphatic heterocycles. The van der Waals surface area contributed by atoms with Crippen LogP contribution < -0.4 is 4.74 Å². The number of hydrogen-bond acceptors (Lipinski definition) is 2. The van der Waals surface area contributed by atoms with Crippen molar-refractivity contribution in [3.63, 3.8) is 0 Å². The third kappa shape index (κ3) is 3.46. The van der Waals surface area contributed by atoms with Gasteiger partial charge in [0.1, 0.15) is 12.4 Å². The molecule has 1 aromatic heterocycles. The lowest BCUT2D eigenvalue weighted by Gasteiger charge is -2.13. The van der Waals surface area contributed by atoms with Gasteiger partial charge in [0.05, 0.1) is 5.56 Å². The first-order valence-corrected chi connectivity index (χ1v) is 7.67. The van der Waals surface area contributed by atoms with Crippen molar-refractivity contribution in [1.82, 2.24) is 4.57 Å². The molecule has 3 rings (SSSR count). The number of carbonyl (C=O) groups excluding carboxylic acids is 1. The van der Waals surface area contributed by atoms with Gasteiger partial charge in [-0.2, -0.15) is 0 Å². The largest absolute Gasteiger partial charge is 0.488 e. The maximum Gasteiger partial charge on any atom is 0.163 e. The van der Waals surface area contributed by atoms with Crippen molar-refractivity contribution in [2.45, 2.75) is 13.5 Å². The molecular weight excluding hydrogens is 310 g/mol. The standard InChI is InChI=1S/C19H16ClNO2/c1-14(22)17-12-16(21-10-4-5-11-21)8-9-19(17)23-13-15-6-2-3-7-18(15)20/h2-12H,13H2,1H3. The number of benzene rings is 2. The van der Waals surface area contributed by atoms with Crippen LogP contribution in [0.3, 0.4) is 0 Å². The highest BCUT2D eigenvalue weighted by Gasteiger charge is 2.11. The molecular formula is C19H16ClNO2. The van der Waals surface area contributed by atoms with E-state index in [1.165, 1.54) is 6.92 Å². The Bertz CT molecular complexity index is 825. The van der Waals surface area contributed by atoms with Gasteiger partial charge in [0.15, 0.2) is 5.78 Å². The van der Waals surface area contributed by atoms with Crippen LogP contribution in [0.15, 0.2) is 67.0 Å². The molecule has 0 spiro atoms.